The molecule has 0 spiro atoms. The topological polar surface area (TPSA) is 20.3 Å². The van der Waals surface area contributed by atoms with Crippen LogP contribution in [0.1, 0.15) is 18.9 Å². The summed E-state index contributed by atoms with van der Waals surface area (Å²) < 4.78 is 0. The molecule has 0 aromatic heterocycles. The SMILES string of the molecule is CC1CC1C(=O)N(C)Cc1cccc(Cl)c1. The Balaban J connectivity index is 1.96. The predicted molar refractivity (Wildman–Crippen MR) is 65.2 cm³/mol. The monoisotopic (exact) mass is 237 g/mol. The predicted octanol–water partition coefficient (Wildman–Crippen LogP) is 2.95. The third-order valence-electron chi connectivity index (χ3n) is 3.11. The largest absolute Gasteiger partial charge is 0.341 e. The fourth-order valence-corrected chi connectivity index (χ4v) is 2.15. The molecule has 0 saturated heterocycles. The van der Waals surface area contributed by atoms with E-state index in [0.29, 0.717) is 12.5 Å². The summed E-state index contributed by atoms with van der Waals surface area (Å²) in [6, 6.07) is 7.65. The van der Waals surface area contributed by atoms with Crippen LogP contribution in [-0.2, 0) is 11.3 Å². The normalized spacial score (nSPS) is 22.9. The second-order valence-electron chi connectivity index (χ2n) is 4.64. The smallest absolute Gasteiger partial charge is 0.226 e. The number of hydrogen-bond acceptors (Lipinski definition) is 1. The molecule has 1 aliphatic carbocycles. The lowest BCUT2D eigenvalue weighted by molar-refractivity contribution is -0.132. The van der Waals surface area contributed by atoms with Crippen molar-refractivity contribution in [2.75, 3.05) is 7.05 Å². The van der Waals surface area contributed by atoms with E-state index in [0.717, 1.165) is 17.0 Å². The molecule has 0 bridgehead atoms. The third kappa shape index (κ3) is 2.56. The average Bonchev–Trinajstić information content (AvgIpc) is 2.94. The zero-order chi connectivity index (χ0) is 11.7. The van der Waals surface area contributed by atoms with Crippen molar-refractivity contribution >= 4 is 17.5 Å². The van der Waals surface area contributed by atoms with E-state index in [-0.39, 0.29) is 11.8 Å². The van der Waals surface area contributed by atoms with Gasteiger partial charge < -0.3 is 4.90 Å². The molecule has 2 unspecified atom stereocenters. The molecule has 1 aromatic carbocycles. The number of rotatable bonds is 3. The summed E-state index contributed by atoms with van der Waals surface area (Å²) in [5, 5.41) is 0.720. The summed E-state index contributed by atoms with van der Waals surface area (Å²) in [5.74, 6) is 1.07. The molecule has 1 amide bonds. The van der Waals surface area contributed by atoms with Gasteiger partial charge in [-0.1, -0.05) is 30.7 Å². The number of nitrogens with zero attached hydrogens (tertiary/aromatic N) is 1. The second-order valence-corrected chi connectivity index (χ2v) is 5.08. The highest BCUT2D eigenvalue weighted by Gasteiger charge is 2.40. The van der Waals surface area contributed by atoms with Gasteiger partial charge in [0.2, 0.25) is 5.91 Å². The summed E-state index contributed by atoms with van der Waals surface area (Å²) >= 11 is 5.90. The highest BCUT2D eigenvalue weighted by molar-refractivity contribution is 6.30. The van der Waals surface area contributed by atoms with Crippen LogP contribution < -0.4 is 0 Å². The zero-order valence-corrected chi connectivity index (χ0v) is 10.4. The molecule has 2 nitrogen and oxygen atoms in total. The van der Waals surface area contributed by atoms with Crippen molar-refractivity contribution in [3.05, 3.63) is 34.9 Å². The van der Waals surface area contributed by atoms with E-state index in [9.17, 15) is 4.79 Å². The Kier molecular flexibility index (Phi) is 3.20. The quantitative estimate of drug-likeness (QED) is 0.792. The molecule has 0 heterocycles. The zero-order valence-electron chi connectivity index (χ0n) is 9.61. The first-order chi connectivity index (χ1) is 7.58. The molecule has 3 heteroatoms. The second kappa shape index (κ2) is 4.46. The maximum Gasteiger partial charge on any atom is 0.226 e. The van der Waals surface area contributed by atoms with Crippen LogP contribution in [0.5, 0.6) is 0 Å². The first kappa shape index (κ1) is 11.5. The van der Waals surface area contributed by atoms with Gasteiger partial charge in [-0.2, -0.15) is 0 Å². The lowest BCUT2D eigenvalue weighted by Crippen LogP contribution is -2.28. The number of benzene rings is 1. The Morgan fingerprint density at radius 2 is 2.25 bits per heavy atom. The van der Waals surface area contributed by atoms with Crippen molar-refractivity contribution in [1.29, 1.82) is 0 Å². The number of carbonyl (C=O) groups excluding carboxylic acids is 1. The molecule has 16 heavy (non-hydrogen) atoms. The van der Waals surface area contributed by atoms with Crippen molar-refractivity contribution in [3.8, 4) is 0 Å². The van der Waals surface area contributed by atoms with Gasteiger partial charge in [0.05, 0.1) is 0 Å². The van der Waals surface area contributed by atoms with Crippen LogP contribution in [0.2, 0.25) is 5.02 Å². The third-order valence-corrected chi connectivity index (χ3v) is 3.35. The van der Waals surface area contributed by atoms with Gasteiger partial charge in [0, 0.05) is 24.5 Å². The average molecular weight is 238 g/mol. The van der Waals surface area contributed by atoms with E-state index in [1.54, 1.807) is 4.90 Å². The van der Waals surface area contributed by atoms with E-state index in [1.165, 1.54) is 0 Å². The van der Waals surface area contributed by atoms with Gasteiger partial charge in [-0.05, 0) is 30.0 Å². The number of hydrogen-bond donors (Lipinski definition) is 0. The Bertz CT molecular complexity index is 405. The minimum Gasteiger partial charge on any atom is -0.341 e. The van der Waals surface area contributed by atoms with E-state index in [2.05, 4.69) is 6.92 Å². The lowest BCUT2D eigenvalue weighted by atomic mass is 10.2. The minimum absolute atomic E-state index is 0.254. The molecule has 86 valence electrons. The highest BCUT2D eigenvalue weighted by atomic mass is 35.5. The Morgan fingerprint density at radius 3 is 2.81 bits per heavy atom. The summed E-state index contributed by atoms with van der Waals surface area (Å²) in [7, 11) is 1.86. The van der Waals surface area contributed by atoms with Gasteiger partial charge in [-0.3, -0.25) is 4.79 Å². The molecule has 1 aromatic rings. The highest BCUT2D eigenvalue weighted by Crippen LogP contribution is 2.39. The molecule has 1 fully saturated rings. The van der Waals surface area contributed by atoms with E-state index < -0.39 is 0 Å². The molecule has 2 atom stereocenters. The Labute approximate surface area is 101 Å². The van der Waals surface area contributed by atoms with Crippen LogP contribution in [-0.4, -0.2) is 17.9 Å². The molecular formula is C13H16ClNO. The first-order valence-electron chi connectivity index (χ1n) is 5.57. The van der Waals surface area contributed by atoms with Gasteiger partial charge in [-0.15, -0.1) is 0 Å². The summed E-state index contributed by atoms with van der Waals surface area (Å²) in [4.78, 5) is 13.7. The van der Waals surface area contributed by atoms with Crippen LogP contribution in [0, 0.1) is 11.8 Å². The van der Waals surface area contributed by atoms with Gasteiger partial charge in [0.15, 0.2) is 0 Å². The van der Waals surface area contributed by atoms with E-state index >= 15 is 0 Å². The number of carbonyl (C=O) groups is 1. The summed E-state index contributed by atoms with van der Waals surface area (Å²) in [6.07, 6.45) is 1.04. The maximum atomic E-state index is 11.9. The van der Waals surface area contributed by atoms with Crippen molar-refractivity contribution in [2.45, 2.75) is 19.9 Å². The van der Waals surface area contributed by atoms with Gasteiger partial charge in [0.25, 0.3) is 0 Å². The van der Waals surface area contributed by atoms with Crippen molar-refractivity contribution in [2.24, 2.45) is 11.8 Å². The Hall–Kier alpha value is -1.02. The van der Waals surface area contributed by atoms with Crippen LogP contribution in [0.15, 0.2) is 24.3 Å². The number of halogens is 1. The molecule has 0 N–H and O–H groups in total. The molecule has 1 aliphatic rings. The van der Waals surface area contributed by atoms with Crippen LogP contribution >= 0.6 is 11.6 Å². The van der Waals surface area contributed by atoms with Crippen molar-refractivity contribution < 1.29 is 4.79 Å². The van der Waals surface area contributed by atoms with E-state index in [1.807, 2.05) is 31.3 Å². The first-order valence-corrected chi connectivity index (χ1v) is 5.95. The standard InChI is InChI=1S/C13H16ClNO/c1-9-6-12(9)13(16)15(2)8-10-4-3-5-11(14)7-10/h3-5,7,9,12H,6,8H2,1-2H3. The van der Waals surface area contributed by atoms with Gasteiger partial charge in [-0.25, -0.2) is 0 Å². The van der Waals surface area contributed by atoms with Crippen molar-refractivity contribution in [1.82, 2.24) is 4.90 Å². The fraction of sp³-hybridized carbons (Fsp3) is 0.462. The van der Waals surface area contributed by atoms with E-state index in [4.69, 9.17) is 11.6 Å². The fourth-order valence-electron chi connectivity index (χ4n) is 1.94. The summed E-state index contributed by atoms with van der Waals surface area (Å²) in [5.41, 5.74) is 1.08. The summed E-state index contributed by atoms with van der Waals surface area (Å²) in [6.45, 7) is 2.76. The van der Waals surface area contributed by atoms with Gasteiger partial charge in [0.1, 0.15) is 0 Å². The molecule has 0 aliphatic heterocycles. The molecule has 2 rings (SSSR count). The molecule has 0 radical (unpaired) electrons. The number of amides is 1. The lowest BCUT2D eigenvalue weighted by Gasteiger charge is -2.17. The molecule has 1 saturated carbocycles. The van der Waals surface area contributed by atoms with Crippen molar-refractivity contribution in [3.63, 3.8) is 0 Å². The van der Waals surface area contributed by atoms with Crippen LogP contribution in [0.4, 0.5) is 0 Å². The Morgan fingerprint density at radius 1 is 1.56 bits per heavy atom. The minimum atomic E-state index is 0.254. The maximum absolute atomic E-state index is 11.9. The van der Waals surface area contributed by atoms with Gasteiger partial charge >= 0.3 is 0 Å². The van der Waals surface area contributed by atoms with Crippen LogP contribution in [0.25, 0.3) is 0 Å². The van der Waals surface area contributed by atoms with Crippen LogP contribution in [0.3, 0.4) is 0 Å². The molecular weight excluding hydrogens is 222 g/mol.